The molecule has 0 aromatic heterocycles. The Kier molecular flexibility index (Phi) is 2.79. The van der Waals surface area contributed by atoms with E-state index in [0.29, 0.717) is 6.61 Å². The van der Waals surface area contributed by atoms with E-state index >= 15 is 0 Å². The third-order valence-electron chi connectivity index (χ3n) is 2.81. The van der Waals surface area contributed by atoms with Crippen molar-refractivity contribution in [1.29, 1.82) is 0 Å². The fourth-order valence-electron chi connectivity index (χ4n) is 1.98. The van der Waals surface area contributed by atoms with Crippen molar-refractivity contribution in [1.82, 2.24) is 0 Å². The maximum atomic E-state index is 11.6. The molecule has 0 unspecified atom stereocenters. The number of hydrogen-bond donors (Lipinski definition) is 0. The molecule has 1 rings (SSSR count). The summed E-state index contributed by atoms with van der Waals surface area (Å²) >= 11 is 0. The summed E-state index contributed by atoms with van der Waals surface area (Å²) in [5.74, 6) is -0.0498. The molecular weight excluding hydrogens is 164 g/mol. The molecule has 0 saturated heterocycles. The van der Waals surface area contributed by atoms with Gasteiger partial charge in [-0.15, -0.1) is 0 Å². The molecule has 2 heteroatoms. The zero-order valence-corrected chi connectivity index (χ0v) is 8.94. The first-order chi connectivity index (χ1) is 5.99. The van der Waals surface area contributed by atoms with Gasteiger partial charge in [0.15, 0.2) is 0 Å². The lowest BCUT2D eigenvalue weighted by Crippen LogP contribution is -2.27. The van der Waals surface area contributed by atoms with Crippen molar-refractivity contribution in [3.8, 4) is 0 Å². The molecule has 0 atom stereocenters. The molecule has 0 aromatic carbocycles. The number of esters is 1. The van der Waals surface area contributed by atoms with Gasteiger partial charge in [0.25, 0.3) is 0 Å². The molecule has 13 heavy (non-hydrogen) atoms. The van der Waals surface area contributed by atoms with Crippen molar-refractivity contribution in [3.05, 3.63) is 11.1 Å². The van der Waals surface area contributed by atoms with Crippen LogP contribution in [0.4, 0.5) is 0 Å². The highest BCUT2D eigenvalue weighted by Gasteiger charge is 2.39. The predicted molar refractivity (Wildman–Crippen MR) is 52.3 cm³/mol. The molecule has 0 amide bonds. The first-order valence-electron chi connectivity index (χ1n) is 4.82. The second-order valence-corrected chi connectivity index (χ2v) is 4.20. The Balaban J connectivity index is 2.67. The maximum absolute atomic E-state index is 11.6. The van der Waals surface area contributed by atoms with Crippen LogP contribution >= 0.6 is 0 Å². The minimum absolute atomic E-state index is 0.0498. The minimum Gasteiger partial charge on any atom is -0.466 e. The van der Waals surface area contributed by atoms with Crippen molar-refractivity contribution >= 4 is 5.97 Å². The van der Waals surface area contributed by atoms with Crippen LogP contribution < -0.4 is 0 Å². The number of ether oxygens (including phenoxy) is 1. The topological polar surface area (TPSA) is 26.3 Å². The van der Waals surface area contributed by atoms with E-state index in [9.17, 15) is 4.79 Å². The van der Waals surface area contributed by atoms with Gasteiger partial charge in [0.1, 0.15) is 0 Å². The van der Waals surface area contributed by atoms with Gasteiger partial charge in [-0.2, -0.15) is 0 Å². The molecule has 0 radical (unpaired) electrons. The van der Waals surface area contributed by atoms with Crippen molar-refractivity contribution in [2.45, 2.75) is 40.5 Å². The monoisotopic (exact) mass is 182 g/mol. The Labute approximate surface area is 80.0 Å². The molecular formula is C11H18O2. The average Bonchev–Trinajstić information content (AvgIpc) is 2.28. The molecule has 0 spiro atoms. The normalized spacial score (nSPS) is 20.6. The first-order valence-corrected chi connectivity index (χ1v) is 4.82. The van der Waals surface area contributed by atoms with E-state index in [0.717, 1.165) is 12.8 Å². The van der Waals surface area contributed by atoms with Crippen LogP contribution in [0.3, 0.4) is 0 Å². The van der Waals surface area contributed by atoms with E-state index < -0.39 is 0 Å². The summed E-state index contributed by atoms with van der Waals surface area (Å²) in [5.41, 5.74) is 2.40. The summed E-state index contributed by atoms with van der Waals surface area (Å²) in [4.78, 5) is 11.6. The smallest absolute Gasteiger partial charge is 0.312 e. The largest absolute Gasteiger partial charge is 0.466 e. The van der Waals surface area contributed by atoms with Crippen LogP contribution in [0.2, 0.25) is 0 Å². The number of rotatable bonds is 2. The van der Waals surface area contributed by atoms with E-state index in [1.54, 1.807) is 0 Å². The summed E-state index contributed by atoms with van der Waals surface area (Å²) in [6.07, 6.45) is 1.72. The summed E-state index contributed by atoms with van der Waals surface area (Å²) in [5, 5.41) is 0. The van der Waals surface area contributed by atoms with Crippen LogP contribution in [0.25, 0.3) is 0 Å². The lowest BCUT2D eigenvalue weighted by molar-refractivity contribution is -0.153. The van der Waals surface area contributed by atoms with Crippen LogP contribution in [0.15, 0.2) is 11.1 Å². The van der Waals surface area contributed by atoms with Gasteiger partial charge < -0.3 is 4.74 Å². The summed E-state index contributed by atoms with van der Waals surface area (Å²) < 4.78 is 5.06. The molecule has 0 N–H and O–H groups in total. The number of allylic oxidation sites excluding steroid dienone is 2. The van der Waals surface area contributed by atoms with E-state index in [-0.39, 0.29) is 11.4 Å². The third-order valence-corrected chi connectivity index (χ3v) is 2.81. The standard InChI is InChI=1S/C11H18O2/c1-5-13-10(12)11(4)6-8(2)9(3)7-11/h5-7H2,1-4H3. The molecule has 0 aliphatic heterocycles. The highest BCUT2D eigenvalue weighted by molar-refractivity contribution is 5.78. The molecule has 74 valence electrons. The highest BCUT2D eigenvalue weighted by atomic mass is 16.5. The average molecular weight is 182 g/mol. The van der Waals surface area contributed by atoms with E-state index in [4.69, 9.17) is 4.74 Å². The third kappa shape index (κ3) is 1.93. The summed E-state index contributed by atoms with van der Waals surface area (Å²) in [6.45, 7) is 8.51. The quantitative estimate of drug-likeness (QED) is 0.485. The molecule has 1 aliphatic rings. The van der Waals surface area contributed by atoms with Crippen LogP contribution in [0, 0.1) is 5.41 Å². The van der Waals surface area contributed by atoms with E-state index in [1.165, 1.54) is 11.1 Å². The van der Waals surface area contributed by atoms with Crippen molar-refractivity contribution in [3.63, 3.8) is 0 Å². The minimum atomic E-state index is -0.288. The van der Waals surface area contributed by atoms with Gasteiger partial charge in [-0.1, -0.05) is 11.1 Å². The first kappa shape index (κ1) is 10.3. The molecule has 2 nitrogen and oxygen atoms in total. The Morgan fingerprint density at radius 1 is 1.38 bits per heavy atom. The second kappa shape index (κ2) is 3.52. The zero-order valence-electron chi connectivity index (χ0n) is 8.94. The van der Waals surface area contributed by atoms with Gasteiger partial charge in [-0.25, -0.2) is 0 Å². The van der Waals surface area contributed by atoms with Crippen LogP contribution in [0.1, 0.15) is 40.5 Å². The predicted octanol–water partition coefficient (Wildman–Crippen LogP) is 2.69. The van der Waals surface area contributed by atoms with Gasteiger partial charge in [-0.05, 0) is 40.5 Å². The Morgan fingerprint density at radius 2 is 1.85 bits per heavy atom. The number of carbonyl (C=O) groups is 1. The highest BCUT2D eigenvalue weighted by Crippen LogP contribution is 2.42. The van der Waals surface area contributed by atoms with Crippen LogP contribution in [-0.4, -0.2) is 12.6 Å². The number of hydrogen-bond acceptors (Lipinski definition) is 2. The fraction of sp³-hybridized carbons (Fsp3) is 0.727. The summed E-state index contributed by atoms with van der Waals surface area (Å²) in [6, 6.07) is 0. The molecule has 1 aliphatic carbocycles. The van der Waals surface area contributed by atoms with Gasteiger partial charge in [0.05, 0.1) is 12.0 Å². The van der Waals surface area contributed by atoms with Crippen molar-refractivity contribution in [2.75, 3.05) is 6.61 Å². The Bertz CT molecular complexity index is 237. The second-order valence-electron chi connectivity index (χ2n) is 4.20. The number of carbonyl (C=O) groups excluding carboxylic acids is 1. The fourth-order valence-corrected chi connectivity index (χ4v) is 1.98. The van der Waals surface area contributed by atoms with E-state index in [1.807, 2.05) is 13.8 Å². The molecule has 0 fully saturated rings. The lowest BCUT2D eigenvalue weighted by Gasteiger charge is -2.21. The van der Waals surface area contributed by atoms with Gasteiger partial charge >= 0.3 is 5.97 Å². The summed E-state index contributed by atoms with van der Waals surface area (Å²) in [7, 11) is 0. The van der Waals surface area contributed by atoms with Crippen molar-refractivity contribution < 1.29 is 9.53 Å². The molecule has 0 heterocycles. The Morgan fingerprint density at radius 3 is 2.23 bits per heavy atom. The van der Waals surface area contributed by atoms with Crippen molar-refractivity contribution in [2.24, 2.45) is 5.41 Å². The SMILES string of the molecule is CCOC(=O)C1(C)CC(C)=C(C)C1. The van der Waals surface area contributed by atoms with Crippen LogP contribution in [0.5, 0.6) is 0 Å². The molecule has 0 aromatic rings. The van der Waals surface area contributed by atoms with Crippen LogP contribution in [-0.2, 0) is 9.53 Å². The van der Waals surface area contributed by atoms with Gasteiger partial charge in [0.2, 0.25) is 0 Å². The Hall–Kier alpha value is -0.790. The lowest BCUT2D eigenvalue weighted by atomic mass is 9.86. The molecule has 0 saturated carbocycles. The molecule has 0 bridgehead atoms. The van der Waals surface area contributed by atoms with E-state index in [2.05, 4.69) is 13.8 Å². The zero-order chi connectivity index (χ0) is 10.1. The van der Waals surface area contributed by atoms with Gasteiger partial charge in [-0.3, -0.25) is 4.79 Å². The maximum Gasteiger partial charge on any atom is 0.312 e. The van der Waals surface area contributed by atoms with Gasteiger partial charge in [0, 0.05) is 0 Å².